The minimum Gasteiger partial charge on any atom is -0.311 e. The van der Waals surface area contributed by atoms with Gasteiger partial charge in [0.1, 0.15) is 0 Å². The molecule has 0 aliphatic rings. The molecular formula is C55H36N4. The molecule has 0 aliphatic carbocycles. The Balaban J connectivity index is 0.973. The van der Waals surface area contributed by atoms with E-state index in [0.717, 1.165) is 67.1 Å². The van der Waals surface area contributed by atoms with Crippen LogP contribution in [0.5, 0.6) is 0 Å². The van der Waals surface area contributed by atoms with Gasteiger partial charge in [-0.25, -0.2) is 4.98 Å². The molecule has 0 amide bonds. The zero-order valence-electron chi connectivity index (χ0n) is 32.1. The van der Waals surface area contributed by atoms with E-state index in [2.05, 4.69) is 181 Å². The highest BCUT2D eigenvalue weighted by Gasteiger charge is 2.16. The van der Waals surface area contributed by atoms with Gasteiger partial charge in [-0.2, -0.15) is 0 Å². The number of nitrogens with zero attached hydrogens (tertiary/aromatic N) is 4. The first-order valence-electron chi connectivity index (χ1n) is 19.9. The van der Waals surface area contributed by atoms with Gasteiger partial charge in [0.2, 0.25) is 0 Å². The molecule has 8 aromatic carbocycles. The molecule has 59 heavy (non-hydrogen) atoms. The van der Waals surface area contributed by atoms with Crippen LogP contribution in [0.25, 0.3) is 88.1 Å². The number of hydrogen-bond acceptors (Lipinski definition) is 4. The van der Waals surface area contributed by atoms with Gasteiger partial charge in [-0.1, -0.05) is 146 Å². The van der Waals surface area contributed by atoms with Gasteiger partial charge >= 0.3 is 0 Å². The molecule has 276 valence electrons. The molecule has 11 aromatic rings. The van der Waals surface area contributed by atoms with Crippen molar-refractivity contribution in [3.05, 3.63) is 219 Å². The lowest BCUT2D eigenvalue weighted by atomic mass is 9.97. The third-order valence-electron chi connectivity index (χ3n) is 11.3. The quantitative estimate of drug-likeness (QED) is 0.152. The van der Waals surface area contributed by atoms with Crippen LogP contribution in [0, 0.1) is 0 Å². The fraction of sp³-hybridized carbons (Fsp3) is 0. The minimum atomic E-state index is 0.880. The monoisotopic (exact) mass is 752 g/mol. The molecule has 0 saturated carbocycles. The van der Waals surface area contributed by atoms with Crippen molar-refractivity contribution < 1.29 is 0 Å². The van der Waals surface area contributed by atoms with Crippen LogP contribution in [0.2, 0.25) is 0 Å². The van der Waals surface area contributed by atoms with E-state index in [-0.39, 0.29) is 0 Å². The number of aromatic nitrogens is 3. The Hall–Kier alpha value is -7.95. The van der Waals surface area contributed by atoms with Crippen molar-refractivity contribution in [2.24, 2.45) is 0 Å². The van der Waals surface area contributed by atoms with E-state index in [1.54, 1.807) is 0 Å². The highest BCUT2D eigenvalue weighted by molar-refractivity contribution is 6.08. The predicted molar refractivity (Wildman–Crippen MR) is 246 cm³/mol. The molecule has 4 nitrogen and oxygen atoms in total. The zero-order valence-corrected chi connectivity index (χ0v) is 32.1. The van der Waals surface area contributed by atoms with Crippen molar-refractivity contribution >= 4 is 60.3 Å². The lowest BCUT2D eigenvalue weighted by Crippen LogP contribution is -2.09. The van der Waals surface area contributed by atoms with Gasteiger partial charge in [-0.05, 0) is 98.7 Å². The Morgan fingerprint density at radius 2 is 0.881 bits per heavy atom. The lowest BCUT2D eigenvalue weighted by molar-refractivity contribution is 1.27. The molecule has 11 rings (SSSR count). The molecule has 0 aliphatic heterocycles. The Kier molecular flexibility index (Phi) is 8.45. The molecule has 0 atom stereocenters. The average molecular weight is 753 g/mol. The van der Waals surface area contributed by atoms with Crippen molar-refractivity contribution in [3.63, 3.8) is 0 Å². The summed E-state index contributed by atoms with van der Waals surface area (Å²) in [6, 6.07) is 73.2. The van der Waals surface area contributed by atoms with Crippen LogP contribution in [0.4, 0.5) is 17.1 Å². The Bertz CT molecular complexity index is 3300. The topological polar surface area (TPSA) is 41.9 Å². The Morgan fingerprint density at radius 3 is 1.63 bits per heavy atom. The van der Waals surface area contributed by atoms with Crippen molar-refractivity contribution in [2.75, 3.05) is 4.90 Å². The number of rotatable bonds is 7. The number of hydrogen-bond donors (Lipinski definition) is 0. The highest BCUT2D eigenvalue weighted by Crippen LogP contribution is 2.39. The van der Waals surface area contributed by atoms with E-state index >= 15 is 0 Å². The maximum absolute atomic E-state index is 5.18. The van der Waals surface area contributed by atoms with E-state index in [0.29, 0.717) is 0 Å². The Labute approximate surface area is 342 Å². The molecule has 0 unspecified atom stereocenters. The lowest BCUT2D eigenvalue weighted by Gasteiger charge is -2.26. The van der Waals surface area contributed by atoms with E-state index < -0.39 is 0 Å². The molecule has 4 heteroatoms. The number of anilines is 3. The van der Waals surface area contributed by atoms with E-state index in [1.165, 1.54) is 38.1 Å². The molecule has 0 fully saturated rings. The fourth-order valence-electron chi connectivity index (χ4n) is 8.28. The van der Waals surface area contributed by atoms with Gasteiger partial charge in [-0.3, -0.25) is 9.97 Å². The molecule has 3 aromatic heterocycles. The van der Waals surface area contributed by atoms with Crippen molar-refractivity contribution in [1.29, 1.82) is 0 Å². The molecule has 0 spiro atoms. The normalized spacial score (nSPS) is 11.4. The first-order chi connectivity index (χ1) is 29.2. The fourth-order valence-corrected chi connectivity index (χ4v) is 8.28. The maximum atomic E-state index is 5.18. The summed E-state index contributed by atoms with van der Waals surface area (Å²) in [5, 5.41) is 8.41. The molecular weight excluding hydrogens is 717 g/mol. The second kappa shape index (κ2) is 14.5. The standard InChI is InChI=1S/C55H36N4/c1-2-10-41(11-3-1)55-54-45(14-8-32-56-54)35-53(58-55)40-22-29-49(30-23-40)59(48-27-20-39(21-28-48)52-34-42-12-4-5-13-46(42)36-57-52)47-25-18-37(19-26-47)43-24-31-51-44(33-43)17-16-38-9-6-7-15-50(38)51/h1-36H. The summed E-state index contributed by atoms with van der Waals surface area (Å²) in [6.45, 7) is 0. The van der Waals surface area contributed by atoms with Crippen molar-refractivity contribution in [3.8, 4) is 44.9 Å². The second-order valence-electron chi connectivity index (χ2n) is 14.9. The SMILES string of the molecule is c1ccc(-c2nc(-c3ccc(N(c4ccc(-c5ccc6c(ccc7ccccc76)c5)cc4)c4ccc(-c5cc6ccccc6cn5)cc4)cc3)cc3cccnc23)cc1. The van der Waals surface area contributed by atoms with Gasteiger partial charge in [0.25, 0.3) is 0 Å². The number of benzene rings is 8. The summed E-state index contributed by atoms with van der Waals surface area (Å²) in [6.07, 6.45) is 3.79. The molecule has 0 radical (unpaired) electrons. The van der Waals surface area contributed by atoms with Gasteiger partial charge in [-0.15, -0.1) is 0 Å². The highest BCUT2D eigenvalue weighted by atomic mass is 15.1. The third kappa shape index (κ3) is 6.43. The van der Waals surface area contributed by atoms with E-state index in [4.69, 9.17) is 15.0 Å². The third-order valence-corrected chi connectivity index (χ3v) is 11.3. The summed E-state index contributed by atoms with van der Waals surface area (Å²) in [5.74, 6) is 0. The molecule has 3 heterocycles. The molecule has 0 saturated heterocycles. The van der Waals surface area contributed by atoms with Crippen LogP contribution in [0.3, 0.4) is 0 Å². The van der Waals surface area contributed by atoms with Gasteiger partial charge in [0.05, 0.1) is 22.6 Å². The van der Waals surface area contributed by atoms with Crippen LogP contribution >= 0.6 is 0 Å². The Morgan fingerprint density at radius 1 is 0.322 bits per heavy atom. The maximum Gasteiger partial charge on any atom is 0.0972 e. The summed E-state index contributed by atoms with van der Waals surface area (Å²) in [7, 11) is 0. The number of pyridine rings is 3. The summed E-state index contributed by atoms with van der Waals surface area (Å²) < 4.78 is 0. The van der Waals surface area contributed by atoms with Crippen LogP contribution in [-0.2, 0) is 0 Å². The summed E-state index contributed by atoms with van der Waals surface area (Å²) in [4.78, 5) is 17.0. The van der Waals surface area contributed by atoms with Crippen molar-refractivity contribution in [1.82, 2.24) is 15.0 Å². The van der Waals surface area contributed by atoms with Crippen LogP contribution in [0.1, 0.15) is 0 Å². The van der Waals surface area contributed by atoms with Gasteiger partial charge in [0, 0.05) is 56.9 Å². The molecule has 0 bridgehead atoms. The predicted octanol–water partition coefficient (Wildman–Crippen LogP) is 14.6. The van der Waals surface area contributed by atoms with E-state index in [1.807, 2.05) is 42.7 Å². The largest absolute Gasteiger partial charge is 0.311 e. The van der Waals surface area contributed by atoms with E-state index in [9.17, 15) is 0 Å². The smallest absolute Gasteiger partial charge is 0.0972 e. The first kappa shape index (κ1) is 34.3. The van der Waals surface area contributed by atoms with Crippen LogP contribution < -0.4 is 4.90 Å². The second-order valence-corrected chi connectivity index (χ2v) is 14.9. The number of fused-ring (bicyclic) bond motifs is 5. The molecule has 0 N–H and O–H groups in total. The summed E-state index contributed by atoms with van der Waals surface area (Å²) >= 11 is 0. The zero-order chi connectivity index (χ0) is 39.1. The van der Waals surface area contributed by atoms with Crippen LogP contribution in [-0.4, -0.2) is 15.0 Å². The summed E-state index contributed by atoms with van der Waals surface area (Å²) in [5.41, 5.74) is 12.3. The van der Waals surface area contributed by atoms with Gasteiger partial charge in [0.15, 0.2) is 0 Å². The average Bonchev–Trinajstić information content (AvgIpc) is 3.32. The first-order valence-corrected chi connectivity index (χ1v) is 19.9. The minimum absolute atomic E-state index is 0.880. The van der Waals surface area contributed by atoms with Crippen LogP contribution in [0.15, 0.2) is 219 Å². The van der Waals surface area contributed by atoms with Gasteiger partial charge < -0.3 is 4.90 Å². The van der Waals surface area contributed by atoms with Crippen molar-refractivity contribution in [2.45, 2.75) is 0 Å².